The van der Waals surface area contributed by atoms with E-state index in [1.54, 1.807) is 13.2 Å². The second kappa shape index (κ2) is 13.2. The number of esters is 1. The summed E-state index contributed by atoms with van der Waals surface area (Å²) in [6.07, 6.45) is 12.5. The predicted molar refractivity (Wildman–Crippen MR) is 146 cm³/mol. The summed E-state index contributed by atoms with van der Waals surface area (Å²) in [6.45, 7) is 6.58. The summed E-state index contributed by atoms with van der Waals surface area (Å²) in [5.41, 5.74) is 3.36. The highest BCUT2D eigenvalue weighted by molar-refractivity contribution is 5.95. The van der Waals surface area contributed by atoms with Gasteiger partial charge < -0.3 is 14.4 Å². The van der Waals surface area contributed by atoms with Gasteiger partial charge in [-0.15, -0.1) is 0 Å². The Labute approximate surface area is 215 Å². The van der Waals surface area contributed by atoms with Gasteiger partial charge >= 0.3 is 5.97 Å². The summed E-state index contributed by atoms with van der Waals surface area (Å²) < 4.78 is 10.4. The van der Waals surface area contributed by atoms with Gasteiger partial charge in [0.15, 0.2) is 0 Å². The second-order valence-corrected chi connectivity index (χ2v) is 10.3. The van der Waals surface area contributed by atoms with E-state index in [2.05, 4.69) is 6.07 Å². The molecule has 0 N–H and O–H groups in total. The first-order valence-electron chi connectivity index (χ1n) is 12.8. The van der Waals surface area contributed by atoms with Gasteiger partial charge in [-0.3, -0.25) is 4.79 Å². The molecule has 0 radical (unpaired) electrons. The number of carbonyl (C=O) groups is 2. The van der Waals surface area contributed by atoms with Crippen molar-refractivity contribution in [3.05, 3.63) is 77.4 Å². The molecule has 0 atom stereocenters. The first kappa shape index (κ1) is 27.4. The van der Waals surface area contributed by atoms with Crippen LogP contribution in [0.4, 0.5) is 5.69 Å². The number of carbonyl (C=O) groups excluding carboxylic acids is 2. The van der Waals surface area contributed by atoms with Gasteiger partial charge in [0.2, 0.25) is 5.91 Å². The fourth-order valence-corrected chi connectivity index (χ4v) is 4.36. The molecule has 2 aromatic rings. The summed E-state index contributed by atoms with van der Waals surface area (Å²) in [5.74, 6) is -0.0978. The van der Waals surface area contributed by atoms with Gasteiger partial charge in [0.25, 0.3) is 0 Å². The monoisotopic (exact) mass is 489 g/mol. The van der Waals surface area contributed by atoms with Crippen molar-refractivity contribution in [1.29, 1.82) is 0 Å². The molecule has 0 aromatic heterocycles. The smallest absolute Gasteiger partial charge is 0.331 e. The quantitative estimate of drug-likeness (QED) is 0.287. The third kappa shape index (κ3) is 8.80. The highest BCUT2D eigenvalue weighted by Crippen LogP contribution is 2.29. The molecule has 0 aliphatic heterocycles. The zero-order valence-electron chi connectivity index (χ0n) is 22.0. The molecule has 1 aliphatic carbocycles. The third-order valence-corrected chi connectivity index (χ3v) is 6.11. The Kier molecular flexibility index (Phi) is 10.1. The van der Waals surface area contributed by atoms with Gasteiger partial charge in [-0.1, -0.05) is 67.8 Å². The molecule has 1 fully saturated rings. The van der Waals surface area contributed by atoms with Crippen molar-refractivity contribution in [2.45, 2.75) is 65.0 Å². The Morgan fingerprint density at radius 2 is 1.69 bits per heavy atom. The summed E-state index contributed by atoms with van der Waals surface area (Å²) in [6, 6.07) is 16.0. The van der Waals surface area contributed by atoms with Crippen LogP contribution >= 0.6 is 0 Å². The van der Waals surface area contributed by atoms with Gasteiger partial charge in [-0.05, 0) is 68.5 Å². The first-order valence-corrected chi connectivity index (χ1v) is 12.8. The van der Waals surface area contributed by atoms with E-state index >= 15 is 0 Å². The van der Waals surface area contributed by atoms with Gasteiger partial charge in [-0.2, -0.15) is 0 Å². The fourth-order valence-electron chi connectivity index (χ4n) is 4.36. The van der Waals surface area contributed by atoms with Crippen molar-refractivity contribution >= 4 is 29.7 Å². The van der Waals surface area contributed by atoms with Crippen LogP contribution in [0.15, 0.2) is 60.7 Å². The Balaban J connectivity index is 1.79. The van der Waals surface area contributed by atoms with E-state index in [9.17, 15) is 9.59 Å². The second-order valence-electron chi connectivity index (χ2n) is 10.3. The molecule has 0 saturated heterocycles. The molecule has 1 amide bonds. The lowest BCUT2D eigenvalue weighted by atomic mass is 9.88. The molecule has 1 aliphatic rings. The average Bonchev–Trinajstić information content (AvgIpc) is 2.86. The van der Waals surface area contributed by atoms with Crippen LogP contribution < -0.4 is 4.90 Å². The van der Waals surface area contributed by atoms with Crippen LogP contribution in [-0.2, 0) is 25.6 Å². The minimum atomic E-state index is -0.517. The van der Waals surface area contributed by atoms with Crippen molar-refractivity contribution in [1.82, 2.24) is 0 Å². The molecule has 0 heterocycles. The van der Waals surface area contributed by atoms with Gasteiger partial charge in [0, 0.05) is 24.8 Å². The maximum atomic E-state index is 13.7. The first-order chi connectivity index (χ1) is 17.2. The number of anilines is 1. The summed E-state index contributed by atoms with van der Waals surface area (Å²) in [7, 11) is 1.67. The molecule has 192 valence electrons. The van der Waals surface area contributed by atoms with Crippen LogP contribution in [0.1, 0.15) is 69.6 Å². The topological polar surface area (TPSA) is 55.8 Å². The lowest BCUT2D eigenvalue weighted by Gasteiger charge is -2.30. The van der Waals surface area contributed by atoms with Crippen molar-refractivity contribution in [3.8, 4) is 0 Å². The lowest BCUT2D eigenvalue weighted by Crippen LogP contribution is -2.36. The highest BCUT2D eigenvalue weighted by Gasteiger charge is 2.27. The zero-order valence-corrected chi connectivity index (χ0v) is 22.0. The zero-order chi connectivity index (χ0) is 26.0. The molecule has 5 heteroatoms. The summed E-state index contributed by atoms with van der Waals surface area (Å²) >= 11 is 0. The molecule has 1 saturated carbocycles. The number of nitrogens with zero attached hydrogens (tertiary/aromatic N) is 1. The Bertz CT molecular complexity index is 1060. The molecule has 36 heavy (non-hydrogen) atoms. The number of amides is 1. The van der Waals surface area contributed by atoms with Crippen LogP contribution in [0.5, 0.6) is 0 Å². The van der Waals surface area contributed by atoms with Crippen LogP contribution in [0.25, 0.3) is 12.2 Å². The van der Waals surface area contributed by atoms with E-state index < -0.39 is 5.60 Å². The minimum Gasteiger partial charge on any atom is -0.457 e. The number of ether oxygens (including phenoxy) is 2. The Morgan fingerprint density at radius 1 is 0.972 bits per heavy atom. The molecular formula is C31H39NO4. The normalized spacial score (nSPS) is 14.9. The van der Waals surface area contributed by atoms with Gasteiger partial charge in [0.05, 0.1) is 13.2 Å². The van der Waals surface area contributed by atoms with E-state index in [1.165, 1.54) is 12.5 Å². The van der Waals surface area contributed by atoms with Gasteiger partial charge in [0.1, 0.15) is 5.60 Å². The lowest BCUT2D eigenvalue weighted by molar-refractivity contribution is -0.148. The van der Waals surface area contributed by atoms with Crippen molar-refractivity contribution < 1.29 is 19.1 Å². The summed E-state index contributed by atoms with van der Waals surface area (Å²) in [5, 5.41) is 0. The molecular weight excluding hydrogens is 450 g/mol. The van der Waals surface area contributed by atoms with Crippen LogP contribution in [0, 0.1) is 5.92 Å². The highest BCUT2D eigenvalue weighted by atomic mass is 16.6. The van der Waals surface area contributed by atoms with Crippen LogP contribution in [0.3, 0.4) is 0 Å². The maximum absolute atomic E-state index is 13.7. The maximum Gasteiger partial charge on any atom is 0.331 e. The van der Waals surface area contributed by atoms with Gasteiger partial charge in [-0.25, -0.2) is 4.79 Å². The number of rotatable bonds is 9. The average molecular weight is 490 g/mol. The number of hydrogen-bond donors (Lipinski definition) is 0. The standard InChI is InChI=1S/C31H39NO4/c1-31(2,3)36-29(33)20-19-24-15-17-26(18-16-24)23-32(30(34)27-12-6-5-7-13-27)28-14-8-10-25(22-28)11-9-21-35-4/h8-11,14-20,22,27H,5-7,12-13,21,23H2,1-4H3/b11-9+,20-19+. The van der Waals surface area contributed by atoms with E-state index in [1.807, 2.05) is 80.3 Å². The number of hydrogen-bond acceptors (Lipinski definition) is 4. The third-order valence-electron chi connectivity index (χ3n) is 6.11. The van der Waals surface area contributed by atoms with Crippen molar-refractivity contribution in [2.75, 3.05) is 18.6 Å². The minimum absolute atomic E-state index is 0.0717. The van der Waals surface area contributed by atoms with Crippen molar-refractivity contribution in [2.24, 2.45) is 5.92 Å². The van der Waals surface area contributed by atoms with Crippen LogP contribution in [0.2, 0.25) is 0 Å². The Morgan fingerprint density at radius 3 is 2.36 bits per heavy atom. The predicted octanol–water partition coefficient (Wildman–Crippen LogP) is 6.81. The fraction of sp³-hybridized carbons (Fsp3) is 0.419. The van der Waals surface area contributed by atoms with E-state index in [0.717, 1.165) is 48.1 Å². The Hall–Kier alpha value is -3.18. The SMILES string of the molecule is COC/C=C/c1cccc(N(Cc2ccc(/C=C/C(=O)OC(C)(C)C)cc2)C(=O)C2CCCCC2)c1. The van der Waals surface area contributed by atoms with E-state index in [0.29, 0.717) is 13.2 Å². The molecule has 3 rings (SSSR count). The molecule has 2 aromatic carbocycles. The van der Waals surface area contributed by atoms with Crippen LogP contribution in [-0.4, -0.2) is 31.2 Å². The molecule has 5 nitrogen and oxygen atoms in total. The summed E-state index contributed by atoms with van der Waals surface area (Å²) in [4.78, 5) is 27.6. The largest absolute Gasteiger partial charge is 0.457 e. The van der Waals surface area contributed by atoms with E-state index in [-0.39, 0.29) is 17.8 Å². The van der Waals surface area contributed by atoms with Crippen molar-refractivity contribution in [3.63, 3.8) is 0 Å². The number of methoxy groups -OCH3 is 1. The van der Waals surface area contributed by atoms with E-state index in [4.69, 9.17) is 9.47 Å². The molecule has 0 bridgehead atoms. The molecule has 0 unspecified atom stereocenters. The number of benzene rings is 2. The molecule has 0 spiro atoms.